The van der Waals surface area contributed by atoms with Gasteiger partial charge >= 0.3 is 0 Å². The zero-order valence-electron chi connectivity index (χ0n) is 9.19. The van der Waals surface area contributed by atoms with Crippen LogP contribution in [0.2, 0.25) is 0 Å². The minimum absolute atomic E-state index is 0.0533. The molecule has 2 aliphatic rings. The highest BCUT2D eigenvalue weighted by atomic mass is 16.6. The molecule has 2 heterocycles. The van der Waals surface area contributed by atoms with Crippen molar-refractivity contribution in [3.63, 3.8) is 0 Å². The van der Waals surface area contributed by atoms with Crippen LogP contribution in [0.15, 0.2) is 29.4 Å². The Kier molecular flexibility index (Phi) is 2.70. The fourth-order valence-electron chi connectivity index (χ4n) is 2.29. The van der Waals surface area contributed by atoms with Crippen LogP contribution in [0.3, 0.4) is 0 Å². The summed E-state index contributed by atoms with van der Waals surface area (Å²) in [5.74, 6) is 0. The quantitative estimate of drug-likeness (QED) is 0.446. The average Bonchev–Trinajstić information content (AvgIpc) is 2.93. The summed E-state index contributed by atoms with van der Waals surface area (Å²) < 4.78 is 11.2. The molecule has 0 spiro atoms. The van der Waals surface area contributed by atoms with E-state index in [1.54, 1.807) is 12.1 Å². The van der Waals surface area contributed by atoms with Gasteiger partial charge in [-0.25, -0.2) is 4.90 Å². The molecule has 0 aromatic heterocycles. The maximum Gasteiger partial charge on any atom is 0.102 e. The summed E-state index contributed by atoms with van der Waals surface area (Å²) in [7, 11) is 0. The summed E-state index contributed by atoms with van der Waals surface area (Å²) in [5.41, 5.74) is 10.1. The molecular formula is C11H12N4O2. The van der Waals surface area contributed by atoms with Crippen molar-refractivity contribution in [3.05, 3.63) is 40.3 Å². The molecule has 6 heteroatoms. The predicted octanol–water partition coefficient (Wildman–Crippen LogP) is 2.32. The fourth-order valence-corrected chi connectivity index (χ4v) is 2.29. The molecule has 17 heavy (non-hydrogen) atoms. The predicted molar refractivity (Wildman–Crippen MR) is 60.4 cm³/mol. The average molecular weight is 232 g/mol. The van der Waals surface area contributed by atoms with Gasteiger partial charge in [0.15, 0.2) is 0 Å². The van der Waals surface area contributed by atoms with E-state index in [0.717, 1.165) is 5.56 Å². The van der Waals surface area contributed by atoms with Gasteiger partial charge in [-0.1, -0.05) is 29.4 Å². The van der Waals surface area contributed by atoms with Crippen LogP contribution in [-0.4, -0.2) is 31.0 Å². The van der Waals surface area contributed by atoms with Crippen molar-refractivity contribution in [1.82, 2.24) is 4.90 Å². The maximum absolute atomic E-state index is 8.33. The molecule has 2 atom stereocenters. The van der Waals surface area contributed by atoms with E-state index in [2.05, 4.69) is 14.9 Å². The SMILES string of the molecule is [N-]=[N+]=Nc1ccc(C2OCN3COCC23)cc1. The third-order valence-electron chi connectivity index (χ3n) is 3.17. The molecule has 3 rings (SSSR count). The third-order valence-corrected chi connectivity index (χ3v) is 3.17. The van der Waals surface area contributed by atoms with Gasteiger partial charge in [-0.2, -0.15) is 0 Å². The van der Waals surface area contributed by atoms with Crippen LogP contribution < -0.4 is 0 Å². The number of ether oxygens (including phenoxy) is 2. The lowest BCUT2D eigenvalue weighted by Crippen LogP contribution is -2.27. The number of nitrogens with zero attached hydrogens (tertiary/aromatic N) is 4. The Morgan fingerprint density at radius 2 is 2.12 bits per heavy atom. The van der Waals surface area contributed by atoms with Gasteiger partial charge in [-0.15, -0.1) is 0 Å². The molecular weight excluding hydrogens is 220 g/mol. The summed E-state index contributed by atoms with van der Waals surface area (Å²) in [6.45, 7) is 1.98. The lowest BCUT2D eigenvalue weighted by atomic mass is 10.0. The largest absolute Gasteiger partial charge is 0.364 e. The van der Waals surface area contributed by atoms with Crippen LogP contribution in [0.4, 0.5) is 5.69 Å². The summed E-state index contributed by atoms with van der Waals surface area (Å²) >= 11 is 0. The Hall–Kier alpha value is -1.59. The molecule has 6 nitrogen and oxygen atoms in total. The Morgan fingerprint density at radius 1 is 1.29 bits per heavy atom. The van der Waals surface area contributed by atoms with Crippen LogP contribution in [-0.2, 0) is 9.47 Å². The van der Waals surface area contributed by atoms with Gasteiger partial charge in [0.25, 0.3) is 0 Å². The van der Waals surface area contributed by atoms with Gasteiger partial charge in [0, 0.05) is 10.6 Å². The van der Waals surface area contributed by atoms with E-state index in [0.29, 0.717) is 31.8 Å². The van der Waals surface area contributed by atoms with E-state index in [1.165, 1.54) is 0 Å². The molecule has 88 valence electrons. The molecule has 1 aromatic rings. The first-order valence-corrected chi connectivity index (χ1v) is 5.47. The first-order valence-electron chi connectivity index (χ1n) is 5.47. The molecule has 0 aliphatic carbocycles. The van der Waals surface area contributed by atoms with Crippen molar-refractivity contribution in [2.24, 2.45) is 5.11 Å². The Bertz CT molecular complexity index is 455. The van der Waals surface area contributed by atoms with Crippen LogP contribution >= 0.6 is 0 Å². The zero-order valence-corrected chi connectivity index (χ0v) is 9.19. The van der Waals surface area contributed by atoms with E-state index in [9.17, 15) is 0 Å². The number of hydrogen-bond donors (Lipinski definition) is 0. The molecule has 0 amide bonds. The standard InChI is InChI=1S/C11H12N4O2/c12-14-13-9-3-1-8(2-4-9)11-10-5-16-6-15(10)7-17-11/h1-4,10-11H,5-7H2. The van der Waals surface area contributed by atoms with Gasteiger partial charge in [-0.05, 0) is 11.1 Å². The first-order chi connectivity index (χ1) is 8.38. The summed E-state index contributed by atoms with van der Waals surface area (Å²) in [6.07, 6.45) is 0.0533. The molecule has 2 unspecified atom stereocenters. The van der Waals surface area contributed by atoms with Gasteiger partial charge in [0.1, 0.15) is 19.6 Å². The molecule has 2 saturated heterocycles. The topological polar surface area (TPSA) is 70.5 Å². The summed E-state index contributed by atoms with van der Waals surface area (Å²) in [4.78, 5) is 4.92. The van der Waals surface area contributed by atoms with Crippen molar-refractivity contribution in [1.29, 1.82) is 0 Å². The molecule has 1 aromatic carbocycles. The molecule has 0 saturated carbocycles. The Morgan fingerprint density at radius 3 is 2.88 bits per heavy atom. The van der Waals surface area contributed by atoms with Crippen molar-refractivity contribution in [2.75, 3.05) is 20.1 Å². The fraction of sp³-hybridized carbons (Fsp3) is 0.455. The molecule has 2 aliphatic heterocycles. The first kappa shape index (κ1) is 10.6. The number of rotatable bonds is 2. The van der Waals surface area contributed by atoms with E-state index in [4.69, 9.17) is 15.0 Å². The normalized spacial score (nSPS) is 27.8. The number of fused-ring (bicyclic) bond motifs is 1. The minimum atomic E-state index is 0.0533. The Balaban J connectivity index is 1.82. The molecule has 2 fully saturated rings. The second-order valence-electron chi connectivity index (χ2n) is 4.15. The van der Waals surface area contributed by atoms with Crippen LogP contribution in [0.25, 0.3) is 10.4 Å². The lowest BCUT2D eigenvalue weighted by Gasteiger charge is -2.16. The smallest absolute Gasteiger partial charge is 0.102 e. The summed E-state index contributed by atoms with van der Waals surface area (Å²) in [6, 6.07) is 7.79. The second-order valence-corrected chi connectivity index (χ2v) is 4.15. The summed E-state index contributed by atoms with van der Waals surface area (Å²) in [5, 5.41) is 3.55. The lowest BCUT2D eigenvalue weighted by molar-refractivity contribution is 0.0370. The van der Waals surface area contributed by atoms with Gasteiger partial charge in [0.05, 0.1) is 12.6 Å². The van der Waals surface area contributed by atoms with Crippen LogP contribution in [0, 0.1) is 0 Å². The highest BCUT2D eigenvalue weighted by molar-refractivity contribution is 5.39. The second kappa shape index (κ2) is 4.35. The van der Waals surface area contributed by atoms with Crippen molar-refractivity contribution in [3.8, 4) is 0 Å². The highest BCUT2D eigenvalue weighted by Gasteiger charge is 2.39. The third kappa shape index (κ3) is 1.87. The van der Waals surface area contributed by atoms with Crippen LogP contribution in [0.1, 0.15) is 11.7 Å². The van der Waals surface area contributed by atoms with Crippen molar-refractivity contribution >= 4 is 5.69 Å². The maximum atomic E-state index is 8.33. The van der Waals surface area contributed by atoms with Gasteiger partial charge in [0.2, 0.25) is 0 Å². The number of benzene rings is 1. The van der Waals surface area contributed by atoms with E-state index >= 15 is 0 Å². The number of hydrogen-bond acceptors (Lipinski definition) is 4. The molecule has 0 bridgehead atoms. The van der Waals surface area contributed by atoms with E-state index in [-0.39, 0.29) is 6.10 Å². The monoisotopic (exact) mass is 232 g/mol. The van der Waals surface area contributed by atoms with Gasteiger partial charge < -0.3 is 9.47 Å². The van der Waals surface area contributed by atoms with Crippen molar-refractivity contribution in [2.45, 2.75) is 12.1 Å². The van der Waals surface area contributed by atoms with Crippen LogP contribution in [0.5, 0.6) is 0 Å². The van der Waals surface area contributed by atoms with E-state index < -0.39 is 0 Å². The zero-order chi connectivity index (χ0) is 11.7. The molecule has 0 N–H and O–H groups in total. The van der Waals surface area contributed by atoms with E-state index in [1.807, 2.05) is 12.1 Å². The highest BCUT2D eigenvalue weighted by Crippen LogP contribution is 2.34. The number of azide groups is 1. The Labute approximate surface area is 98.4 Å². The van der Waals surface area contributed by atoms with Crippen molar-refractivity contribution < 1.29 is 9.47 Å². The minimum Gasteiger partial charge on any atom is -0.364 e. The van der Waals surface area contributed by atoms with Gasteiger partial charge in [-0.3, -0.25) is 0 Å². The molecule has 0 radical (unpaired) electrons.